The van der Waals surface area contributed by atoms with Crippen LogP contribution < -0.4 is 5.32 Å². The molecular formula is C22H21F4N5O. The Balaban J connectivity index is 1.50. The standard InChI is InChI=1S/C22H21F4N5O/c23-16-4-3-5-18(14-16)31-20(22(24,25)26)19(28-29-31)21(32)27-17-8-6-15(7-9-17)10-13-30-11-1-2-12-30/h3-9,14H,1-2,10-13H2,(H,27,32). The lowest BCUT2D eigenvalue weighted by molar-refractivity contribution is -0.143. The highest BCUT2D eigenvalue weighted by molar-refractivity contribution is 6.03. The van der Waals surface area contributed by atoms with E-state index in [0.717, 1.165) is 43.8 Å². The second-order valence-corrected chi connectivity index (χ2v) is 7.63. The van der Waals surface area contributed by atoms with Gasteiger partial charge in [-0.25, -0.2) is 9.07 Å². The van der Waals surface area contributed by atoms with Crippen molar-refractivity contribution in [2.24, 2.45) is 0 Å². The Morgan fingerprint density at radius 3 is 2.44 bits per heavy atom. The van der Waals surface area contributed by atoms with Crippen LogP contribution in [0.15, 0.2) is 48.5 Å². The van der Waals surface area contributed by atoms with Crippen LogP contribution in [-0.4, -0.2) is 45.4 Å². The van der Waals surface area contributed by atoms with E-state index in [0.29, 0.717) is 10.4 Å². The number of aromatic nitrogens is 3. The maximum atomic E-state index is 13.7. The molecule has 0 atom stereocenters. The largest absolute Gasteiger partial charge is 0.435 e. The molecule has 1 saturated heterocycles. The number of hydrogen-bond donors (Lipinski definition) is 1. The molecule has 0 saturated carbocycles. The maximum Gasteiger partial charge on any atom is 0.435 e. The van der Waals surface area contributed by atoms with Crippen LogP contribution in [0.2, 0.25) is 0 Å². The molecule has 1 aliphatic heterocycles. The van der Waals surface area contributed by atoms with Gasteiger partial charge >= 0.3 is 6.18 Å². The number of carbonyl (C=O) groups is 1. The fourth-order valence-electron chi connectivity index (χ4n) is 3.72. The zero-order valence-corrected chi connectivity index (χ0v) is 17.1. The van der Waals surface area contributed by atoms with E-state index < -0.39 is 29.3 Å². The molecule has 4 rings (SSSR count). The quantitative estimate of drug-likeness (QED) is 0.572. The van der Waals surface area contributed by atoms with Crippen LogP contribution in [0.3, 0.4) is 0 Å². The monoisotopic (exact) mass is 447 g/mol. The number of carbonyl (C=O) groups excluding carboxylic acids is 1. The van der Waals surface area contributed by atoms with Gasteiger partial charge in [0.05, 0.1) is 5.69 Å². The highest BCUT2D eigenvalue weighted by Gasteiger charge is 2.42. The molecule has 1 N–H and O–H groups in total. The van der Waals surface area contributed by atoms with E-state index in [9.17, 15) is 22.4 Å². The Morgan fingerprint density at radius 2 is 1.78 bits per heavy atom. The molecule has 6 nitrogen and oxygen atoms in total. The van der Waals surface area contributed by atoms with E-state index in [1.165, 1.54) is 25.0 Å². The second kappa shape index (κ2) is 9.07. The number of rotatable bonds is 6. The topological polar surface area (TPSA) is 63.1 Å². The molecule has 1 aliphatic rings. The van der Waals surface area contributed by atoms with E-state index in [1.807, 2.05) is 12.1 Å². The first-order chi connectivity index (χ1) is 15.3. The Labute approximate surface area is 181 Å². The van der Waals surface area contributed by atoms with Crippen molar-refractivity contribution in [3.63, 3.8) is 0 Å². The van der Waals surface area contributed by atoms with Crippen molar-refractivity contribution < 1.29 is 22.4 Å². The second-order valence-electron chi connectivity index (χ2n) is 7.63. The number of benzene rings is 2. The molecule has 3 aromatic rings. The van der Waals surface area contributed by atoms with Crippen LogP contribution >= 0.6 is 0 Å². The third-order valence-electron chi connectivity index (χ3n) is 5.33. The first-order valence-corrected chi connectivity index (χ1v) is 10.2. The number of amides is 1. The SMILES string of the molecule is O=C(Nc1ccc(CCN2CCCC2)cc1)c1nnn(-c2cccc(F)c2)c1C(F)(F)F. The van der Waals surface area contributed by atoms with Gasteiger partial charge in [-0.3, -0.25) is 4.79 Å². The van der Waals surface area contributed by atoms with E-state index in [4.69, 9.17) is 0 Å². The summed E-state index contributed by atoms with van der Waals surface area (Å²) in [7, 11) is 0. The van der Waals surface area contributed by atoms with Gasteiger partial charge in [0.2, 0.25) is 0 Å². The van der Waals surface area contributed by atoms with Gasteiger partial charge in [-0.2, -0.15) is 13.2 Å². The van der Waals surface area contributed by atoms with Crippen molar-refractivity contribution in [3.05, 3.63) is 71.3 Å². The molecule has 0 spiro atoms. The Bertz CT molecular complexity index is 1090. The van der Waals surface area contributed by atoms with E-state index >= 15 is 0 Å². The number of hydrogen-bond acceptors (Lipinski definition) is 4. The third kappa shape index (κ3) is 4.96. The number of anilines is 1. The van der Waals surface area contributed by atoms with Gasteiger partial charge in [0.1, 0.15) is 5.82 Å². The summed E-state index contributed by atoms with van der Waals surface area (Å²) in [4.78, 5) is 15.0. The summed E-state index contributed by atoms with van der Waals surface area (Å²) >= 11 is 0. The van der Waals surface area contributed by atoms with Crippen molar-refractivity contribution in [2.45, 2.75) is 25.4 Å². The van der Waals surface area contributed by atoms with Gasteiger partial charge in [-0.15, -0.1) is 5.10 Å². The smallest absolute Gasteiger partial charge is 0.321 e. The summed E-state index contributed by atoms with van der Waals surface area (Å²) in [6, 6.07) is 11.4. The predicted octanol–water partition coefficient (Wildman–Crippen LogP) is 4.32. The molecule has 2 heterocycles. The van der Waals surface area contributed by atoms with Crippen LogP contribution in [0.1, 0.15) is 34.6 Å². The molecule has 2 aromatic carbocycles. The Morgan fingerprint density at radius 1 is 1.06 bits per heavy atom. The van der Waals surface area contributed by atoms with Crippen molar-refractivity contribution in [2.75, 3.05) is 25.0 Å². The number of halogens is 4. The fourth-order valence-corrected chi connectivity index (χ4v) is 3.72. The number of nitrogens with one attached hydrogen (secondary N) is 1. The summed E-state index contributed by atoms with van der Waals surface area (Å²) in [6.07, 6.45) is -1.64. The van der Waals surface area contributed by atoms with Crippen LogP contribution in [0.5, 0.6) is 0 Å². The average Bonchev–Trinajstić information content (AvgIpc) is 3.43. The van der Waals surface area contributed by atoms with E-state index in [-0.39, 0.29) is 5.69 Å². The lowest BCUT2D eigenvalue weighted by atomic mass is 10.1. The minimum absolute atomic E-state index is 0.189. The predicted molar refractivity (Wildman–Crippen MR) is 110 cm³/mol. The molecule has 0 aliphatic carbocycles. The first kappa shape index (κ1) is 21.9. The summed E-state index contributed by atoms with van der Waals surface area (Å²) in [5.41, 5.74) is -1.04. The zero-order valence-electron chi connectivity index (χ0n) is 17.1. The van der Waals surface area contributed by atoms with Crippen molar-refractivity contribution in [1.82, 2.24) is 19.9 Å². The highest BCUT2D eigenvalue weighted by Crippen LogP contribution is 2.33. The molecule has 1 fully saturated rings. The minimum atomic E-state index is -4.93. The molecule has 1 amide bonds. The van der Waals surface area contributed by atoms with Gasteiger partial charge in [-0.05, 0) is 68.2 Å². The van der Waals surface area contributed by atoms with Crippen LogP contribution in [0, 0.1) is 5.82 Å². The Kier molecular flexibility index (Phi) is 6.22. The summed E-state index contributed by atoms with van der Waals surface area (Å²) in [6.45, 7) is 3.15. The van der Waals surface area contributed by atoms with Crippen molar-refractivity contribution in [1.29, 1.82) is 0 Å². The van der Waals surface area contributed by atoms with Gasteiger partial charge in [0, 0.05) is 12.2 Å². The lowest BCUT2D eigenvalue weighted by Crippen LogP contribution is -2.22. The van der Waals surface area contributed by atoms with Crippen LogP contribution in [-0.2, 0) is 12.6 Å². The molecule has 0 bridgehead atoms. The summed E-state index contributed by atoms with van der Waals surface area (Å²) in [5.74, 6) is -1.79. The summed E-state index contributed by atoms with van der Waals surface area (Å²) < 4.78 is 55.0. The third-order valence-corrected chi connectivity index (χ3v) is 5.33. The highest BCUT2D eigenvalue weighted by atomic mass is 19.4. The summed E-state index contributed by atoms with van der Waals surface area (Å²) in [5, 5.41) is 9.31. The van der Waals surface area contributed by atoms with E-state index in [1.54, 1.807) is 12.1 Å². The lowest BCUT2D eigenvalue weighted by Gasteiger charge is -2.14. The number of alkyl halides is 3. The fraction of sp³-hybridized carbons (Fsp3) is 0.318. The van der Waals surface area contributed by atoms with Crippen LogP contribution in [0.25, 0.3) is 5.69 Å². The normalized spacial score (nSPS) is 14.6. The first-order valence-electron chi connectivity index (χ1n) is 10.2. The number of likely N-dealkylation sites (tertiary alicyclic amines) is 1. The molecule has 10 heteroatoms. The van der Waals surface area contributed by atoms with Crippen molar-refractivity contribution >= 4 is 11.6 Å². The van der Waals surface area contributed by atoms with Gasteiger partial charge in [-0.1, -0.05) is 23.4 Å². The van der Waals surface area contributed by atoms with E-state index in [2.05, 4.69) is 20.5 Å². The molecule has 0 unspecified atom stereocenters. The maximum absolute atomic E-state index is 13.7. The van der Waals surface area contributed by atoms with Gasteiger partial charge in [0.15, 0.2) is 11.4 Å². The van der Waals surface area contributed by atoms with Crippen LogP contribution in [0.4, 0.5) is 23.2 Å². The zero-order chi connectivity index (χ0) is 22.7. The minimum Gasteiger partial charge on any atom is -0.321 e. The van der Waals surface area contributed by atoms with Gasteiger partial charge in [0.25, 0.3) is 5.91 Å². The number of nitrogens with zero attached hydrogens (tertiary/aromatic N) is 4. The molecular weight excluding hydrogens is 426 g/mol. The average molecular weight is 447 g/mol. The molecule has 0 radical (unpaired) electrons. The molecule has 1 aromatic heterocycles. The van der Waals surface area contributed by atoms with Gasteiger partial charge < -0.3 is 10.2 Å². The Hall–Kier alpha value is -3.27. The molecule has 32 heavy (non-hydrogen) atoms. The van der Waals surface area contributed by atoms with Crippen molar-refractivity contribution in [3.8, 4) is 5.69 Å². The molecule has 168 valence electrons.